The number of hydrogen-bond donors (Lipinski definition) is 2. The molecule has 2 N–H and O–H groups in total. The number of carbonyl (C=O) groups is 3. The zero-order valence-corrected chi connectivity index (χ0v) is 19.2. The predicted molar refractivity (Wildman–Crippen MR) is 127 cm³/mol. The highest BCUT2D eigenvalue weighted by Crippen LogP contribution is 2.32. The van der Waals surface area contributed by atoms with Crippen LogP contribution in [0.2, 0.25) is 0 Å². The molecule has 1 aromatic heterocycles. The molecular weight excluding hydrogens is 475 g/mol. The number of carboxylic acid groups (broad SMARTS) is 1. The van der Waals surface area contributed by atoms with E-state index in [-0.39, 0.29) is 44.6 Å². The Bertz CT molecular complexity index is 1260. The van der Waals surface area contributed by atoms with Gasteiger partial charge in [0.2, 0.25) is 0 Å². The SMILES string of the molecule is O=C(O)CCc1[nH]c(-c2ccccc2)cc1C(=O)C(=O)N1CCN(c2cccc(C(F)(F)F)c2)CC1. The normalized spacial score (nSPS) is 14.1. The van der Waals surface area contributed by atoms with Gasteiger partial charge in [-0.15, -0.1) is 0 Å². The molecule has 10 heteroatoms. The van der Waals surface area contributed by atoms with E-state index in [0.717, 1.165) is 17.7 Å². The number of nitrogens with one attached hydrogen (secondary N) is 1. The number of Topliss-reactive ketones (excluding diaryl/α,β-unsaturated/α-hetero) is 1. The number of aryl methyl sites for hydroxylation is 1. The molecule has 1 fully saturated rings. The first kappa shape index (κ1) is 25.0. The fourth-order valence-electron chi connectivity index (χ4n) is 4.21. The maximum absolute atomic E-state index is 13.2. The molecule has 0 radical (unpaired) electrons. The van der Waals surface area contributed by atoms with Crippen LogP contribution in [0.4, 0.5) is 18.9 Å². The fraction of sp³-hybridized carbons (Fsp3) is 0.269. The van der Waals surface area contributed by atoms with Crippen molar-refractivity contribution in [1.82, 2.24) is 9.88 Å². The van der Waals surface area contributed by atoms with Crippen LogP contribution in [0, 0.1) is 0 Å². The third-order valence-electron chi connectivity index (χ3n) is 6.12. The number of nitrogens with zero attached hydrogens (tertiary/aromatic N) is 2. The Morgan fingerprint density at radius 3 is 2.25 bits per heavy atom. The van der Waals surface area contributed by atoms with E-state index in [0.29, 0.717) is 17.1 Å². The molecule has 0 atom stereocenters. The summed E-state index contributed by atoms with van der Waals surface area (Å²) in [6.07, 6.45) is -4.60. The number of piperazine rings is 1. The minimum Gasteiger partial charge on any atom is -0.481 e. The Hall–Kier alpha value is -4.08. The highest BCUT2D eigenvalue weighted by Gasteiger charge is 2.32. The third-order valence-corrected chi connectivity index (χ3v) is 6.12. The number of hydrogen-bond acceptors (Lipinski definition) is 4. The highest BCUT2D eigenvalue weighted by molar-refractivity contribution is 6.43. The second-order valence-electron chi connectivity index (χ2n) is 8.49. The maximum atomic E-state index is 13.2. The van der Waals surface area contributed by atoms with E-state index in [9.17, 15) is 27.6 Å². The molecule has 36 heavy (non-hydrogen) atoms. The first-order valence-electron chi connectivity index (χ1n) is 11.4. The summed E-state index contributed by atoms with van der Waals surface area (Å²) in [6, 6.07) is 15.7. The van der Waals surface area contributed by atoms with Crippen molar-refractivity contribution in [3.05, 3.63) is 77.5 Å². The van der Waals surface area contributed by atoms with Gasteiger partial charge in [-0.1, -0.05) is 36.4 Å². The van der Waals surface area contributed by atoms with Crippen LogP contribution in [0.3, 0.4) is 0 Å². The minimum atomic E-state index is -4.45. The summed E-state index contributed by atoms with van der Waals surface area (Å²) >= 11 is 0. The van der Waals surface area contributed by atoms with Gasteiger partial charge in [0.1, 0.15) is 0 Å². The first-order valence-corrected chi connectivity index (χ1v) is 11.4. The van der Waals surface area contributed by atoms with Crippen LogP contribution in [0.25, 0.3) is 11.3 Å². The Balaban J connectivity index is 1.48. The summed E-state index contributed by atoms with van der Waals surface area (Å²) in [5, 5.41) is 9.08. The lowest BCUT2D eigenvalue weighted by atomic mass is 10.1. The Morgan fingerprint density at radius 1 is 0.917 bits per heavy atom. The molecule has 1 saturated heterocycles. The van der Waals surface area contributed by atoms with E-state index in [2.05, 4.69) is 4.98 Å². The summed E-state index contributed by atoms with van der Waals surface area (Å²) in [4.78, 5) is 43.5. The summed E-state index contributed by atoms with van der Waals surface area (Å²) in [7, 11) is 0. The zero-order valence-electron chi connectivity index (χ0n) is 19.2. The molecule has 0 unspecified atom stereocenters. The summed E-state index contributed by atoms with van der Waals surface area (Å²) in [5.41, 5.74) is 1.54. The maximum Gasteiger partial charge on any atom is 0.416 e. The molecule has 1 aliphatic rings. The number of aromatic amines is 1. The molecule has 188 valence electrons. The number of alkyl halides is 3. The van der Waals surface area contributed by atoms with Gasteiger partial charge in [0.25, 0.3) is 11.7 Å². The number of carboxylic acids is 1. The number of rotatable bonds is 7. The van der Waals surface area contributed by atoms with E-state index in [4.69, 9.17) is 5.11 Å². The largest absolute Gasteiger partial charge is 0.481 e. The number of amides is 1. The monoisotopic (exact) mass is 499 g/mol. The third kappa shape index (κ3) is 5.59. The molecule has 4 rings (SSSR count). The molecule has 2 heterocycles. The average molecular weight is 499 g/mol. The molecule has 2 aromatic carbocycles. The predicted octanol–water partition coefficient (Wildman–Crippen LogP) is 4.25. The highest BCUT2D eigenvalue weighted by atomic mass is 19.4. The molecule has 7 nitrogen and oxygen atoms in total. The molecule has 0 spiro atoms. The first-order chi connectivity index (χ1) is 17.1. The van der Waals surface area contributed by atoms with Crippen LogP contribution in [0.1, 0.15) is 28.0 Å². The molecule has 3 aromatic rings. The van der Waals surface area contributed by atoms with Crippen LogP contribution in [-0.2, 0) is 22.2 Å². The number of halogens is 3. The Morgan fingerprint density at radius 2 is 1.61 bits per heavy atom. The van der Waals surface area contributed by atoms with Gasteiger partial charge in [-0.2, -0.15) is 13.2 Å². The number of aromatic nitrogens is 1. The van der Waals surface area contributed by atoms with Crippen LogP contribution < -0.4 is 4.90 Å². The van der Waals surface area contributed by atoms with Gasteiger partial charge >= 0.3 is 12.1 Å². The van der Waals surface area contributed by atoms with E-state index in [1.807, 2.05) is 30.3 Å². The lowest BCUT2D eigenvalue weighted by Gasteiger charge is -2.36. The Kier molecular flexibility index (Phi) is 7.14. The summed E-state index contributed by atoms with van der Waals surface area (Å²) in [5.74, 6) is -2.50. The molecule has 1 amide bonds. The van der Waals surface area contributed by atoms with Crippen LogP contribution in [0.5, 0.6) is 0 Å². The molecule has 1 aliphatic heterocycles. The van der Waals surface area contributed by atoms with E-state index >= 15 is 0 Å². The topological polar surface area (TPSA) is 93.7 Å². The van der Waals surface area contributed by atoms with Crippen molar-refractivity contribution in [3.8, 4) is 11.3 Å². The summed E-state index contributed by atoms with van der Waals surface area (Å²) in [6.45, 7) is 0.881. The van der Waals surface area contributed by atoms with Crippen LogP contribution in [-0.4, -0.2) is 58.8 Å². The van der Waals surface area contributed by atoms with Gasteiger partial charge in [0, 0.05) is 48.8 Å². The average Bonchev–Trinajstić information content (AvgIpc) is 3.31. The molecule has 0 saturated carbocycles. The quantitative estimate of drug-likeness (QED) is 0.375. The van der Waals surface area contributed by atoms with Crippen molar-refractivity contribution in [2.45, 2.75) is 19.0 Å². The second-order valence-corrected chi connectivity index (χ2v) is 8.49. The van der Waals surface area contributed by atoms with Gasteiger partial charge in [-0.3, -0.25) is 14.4 Å². The number of H-pyrrole nitrogens is 1. The summed E-state index contributed by atoms with van der Waals surface area (Å²) < 4.78 is 39.2. The van der Waals surface area contributed by atoms with E-state index in [1.165, 1.54) is 11.0 Å². The number of ketones is 1. The van der Waals surface area contributed by atoms with E-state index < -0.39 is 29.4 Å². The van der Waals surface area contributed by atoms with Gasteiger partial charge in [-0.25, -0.2) is 0 Å². The van der Waals surface area contributed by atoms with Crippen molar-refractivity contribution in [1.29, 1.82) is 0 Å². The number of anilines is 1. The van der Waals surface area contributed by atoms with Gasteiger partial charge in [0.15, 0.2) is 0 Å². The zero-order chi connectivity index (χ0) is 25.9. The van der Waals surface area contributed by atoms with Gasteiger partial charge < -0.3 is 19.9 Å². The van der Waals surface area contributed by atoms with Crippen molar-refractivity contribution < 1.29 is 32.7 Å². The lowest BCUT2D eigenvalue weighted by molar-refractivity contribution is -0.138. The van der Waals surface area contributed by atoms with Crippen LogP contribution in [0.15, 0.2) is 60.7 Å². The number of carbonyl (C=O) groups excluding carboxylic acids is 2. The van der Waals surface area contributed by atoms with Gasteiger partial charge in [0.05, 0.1) is 12.0 Å². The molecule has 0 bridgehead atoms. The smallest absolute Gasteiger partial charge is 0.416 e. The second kappa shape index (κ2) is 10.3. The van der Waals surface area contributed by atoms with Crippen molar-refractivity contribution >= 4 is 23.3 Å². The number of aliphatic carboxylic acids is 1. The standard InChI is InChI=1S/C26H24F3N3O4/c27-26(28,29)18-7-4-8-19(15-18)31-11-13-32(14-12-31)25(36)24(35)20-16-22(17-5-2-1-3-6-17)30-21(20)9-10-23(33)34/h1-8,15-16,30H,9-14H2,(H,33,34). The van der Waals surface area contributed by atoms with Crippen molar-refractivity contribution in [2.24, 2.45) is 0 Å². The molecule has 0 aliphatic carbocycles. The minimum absolute atomic E-state index is 0.0554. The lowest BCUT2D eigenvalue weighted by Crippen LogP contribution is -2.50. The molecular formula is C26H24F3N3O4. The van der Waals surface area contributed by atoms with Crippen molar-refractivity contribution in [2.75, 3.05) is 31.1 Å². The van der Waals surface area contributed by atoms with Gasteiger partial charge in [-0.05, 0) is 36.2 Å². The van der Waals surface area contributed by atoms with Crippen LogP contribution >= 0.6 is 0 Å². The number of benzene rings is 2. The van der Waals surface area contributed by atoms with E-state index in [1.54, 1.807) is 17.0 Å². The Labute approximate surface area is 205 Å². The fourth-order valence-corrected chi connectivity index (χ4v) is 4.21. The van der Waals surface area contributed by atoms with Crippen molar-refractivity contribution in [3.63, 3.8) is 0 Å².